The predicted molar refractivity (Wildman–Crippen MR) is 65.4 cm³/mol. The molecule has 0 fully saturated rings. The number of hydrogen-bond donors (Lipinski definition) is 1. The summed E-state index contributed by atoms with van der Waals surface area (Å²) in [5.41, 5.74) is 1.08. The van der Waals surface area contributed by atoms with E-state index in [1.807, 2.05) is 0 Å². The third kappa shape index (κ3) is 3.00. The monoisotopic (exact) mass is 252 g/mol. The van der Waals surface area contributed by atoms with Gasteiger partial charge in [0.1, 0.15) is 6.29 Å². The number of aliphatic carboxylic acids is 1. The summed E-state index contributed by atoms with van der Waals surface area (Å²) in [7, 11) is 2.95. The Morgan fingerprint density at radius 3 is 2.50 bits per heavy atom. The fraction of sp³-hybridized carbons (Fsp3) is 0.385. The van der Waals surface area contributed by atoms with E-state index in [9.17, 15) is 9.59 Å². The number of ether oxygens (including phenoxy) is 2. The second kappa shape index (κ2) is 6.05. The van der Waals surface area contributed by atoms with E-state index in [4.69, 9.17) is 14.6 Å². The SMILES string of the molecule is COc1cc(C=O)cc(CC(C)C(=O)O)c1OC. The predicted octanol–water partition coefficient (Wildman–Crippen LogP) is 1.78. The van der Waals surface area contributed by atoms with Gasteiger partial charge in [-0.05, 0) is 24.1 Å². The zero-order chi connectivity index (χ0) is 13.7. The highest BCUT2D eigenvalue weighted by molar-refractivity contribution is 5.78. The Kier molecular flexibility index (Phi) is 4.71. The van der Waals surface area contributed by atoms with Gasteiger partial charge in [0, 0.05) is 5.56 Å². The molecular weight excluding hydrogens is 236 g/mol. The number of carboxylic acid groups (broad SMARTS) is 1. The van der Waals surface area contributed by atoms with Gasteiger partial charge in [0.05, 0.1) is 20.1 Å². The van der Waals surface area contributed by atoms with Crippen molar-refractivity contribution in [2.45, 2.75) is 13.3 Å². The van der Waals surface area contributed by atoms with Crippen LogP contribution in [0.25, 0.3) is 0 Å². The molecule has 0 aliphatic rings. The molecule has 0 heterocycles. The van der Waals surface area contributed by atoms with Crippen molar-refractivity contribution in [3.05, 3.63) is 23.3 Å². The molecule has 1 aromatic rings. The van der Waals surface area contributed by atoms with Gasteiger partial charge in [0.25, 0.3) is 0 Å². The van der Waals surface area contributed by atoms with Crippen molar-refractivity contribution in [1.29, 1.82) is 0 Å². The number of benzene rings is 1. The van der Waals surface area contributed by atoms with Gasteiger partial charge in [-0.25, -0.2) is 0 Å². The van der Waals surface area contributed by atoms with Crippen LogP contribution in [0.2, 0.25) is 0 Å². The van der Waals surface area contributed by atoms with E-state index in [-0.39, 0.29) is 6.42 Å². The second-order valence-electron chi connectivity index (χ2n) is 3.98. The number of carbonyl (C=O) groups is 2. The molecule has 0 radical (unpaired) electrons. The lowest BCUT2D eigenvalue weighted by Gasteiger charge is -2.15. The smallest absolute Gasteiger partial charge is 0.306 e. The Morgan fingerprint density at radius 1 is 1.39 bits per heavy atom. The second-order valence-corrected chi connectivity index (χ2v) is 3.98. The zero-order valence-electron chi connectivity index (χ0n) is 10.6. The molecule has 1 atom stereocenters. The third-order valence-electron chi connectivity index (χ3n) is 2.66. The molecule has 0 amide bonds. The first-order valence-corrected chi connectivity index (χ1v) is 5.46. The van der Waals surface area contributed by atoms with E-state index in [1.165, 1.54) is 14.2 Å². The molecule has 5 nitrogen and oxygen atoms in total. The van der Waals surface area contributed by atoms with E-state index in [0.29, 0.717) is 28.9 Å². The lowest BCUT2D eigenvalue weighted by atomic mass is 9.98. The molecule has 0 bridgehead atoms. The Bertz CT molecular complexity index is 453. The molecule has 1 aromatic carbocycles. The van der Waals surface area contributed by atoms with Crippen molar-refractivity contribution in [2.24, 2.45) is 5.92 Å². The maximum atomic E-state index is 10.9. The van der Waals surface area contributed by atoms with Crippen LogP contribution in [0.1, 0.15) is 22.8 Å². The summed E-state index contributed by atoms with van der Waals surface area (Å²) in [6.07, 6.45) is 0.966. The molecule has 0 aliphatic heterocycles. The van der Waals surface area contributed by atoms with Gasteiger partial charge in [-0.3, -0.25) is 9.59 Å². The first-order valence-electron chi connectivity index (χ1n) is 5.46. The van der Waals surface area contributed by atoms with Gasteiger partial charge in [-0.15, -0.1) is 0 Å². The first kappa shape index (κ1) is 14.0. The summed E-state index contributed by atoms with van der Waals surface area (Å²) in [4.78, 5) is 21.7. The summed E-state index contributed by atoms with van der Waals surface area (Å²) < 4.78 is 10.3. The minimum atomic E-state index is -0.896. The Balaban J connectivity index is 3.22. The summed E-state index contributed by atoms with van der Waals surface area (Å²) in [6, 6.07) is 3.18. The van der Waals surface area contributed by atoms with Gasteiger partial charge in [0.15, 0.2) is 11.5 Å². The normalized spacial score (nSPS) is 11.7. The van der Waals surface area contributed by atoms with E-state index < -0.39 is 11.9 Å². The Morgan fingerprint density at radius 2 is 2.06 bits per heavy atom. The van der Waals surface area contributed by atoms with Crippen LogP contribution in [0.3, 0.4) is 0 Å². The van der Waals surface area contributed by atoms with Crippen molar-refractivity contribution in [1.82, 2.24) is 0 Å². The van der Waals surface area contributed by atoms with Gasteiger partial charge < -0.3 is 14.6 Å². The minimum absolute atomic E-state index is 0.274. The molecule has 1 N–H and O–H groups in total. The van der Waals surface area contributed by atoms with Crippen LogP contribution in [0.15, 0.2) is 12.1 Å². The summed E-state index contributed by atoms with van der Waals surface area (Å²) >= 11 is 0. The van der Waals surface area contributed by atoms with E-state index in [1.54, 1.807) is 19.1 Å². The number of rotatable bonds is 6. The molecule has 18 heavy (non-hydrogen) atoms. The number of carboxylic acids is 1. The molecule has 98 valence electrons. The molecule has 0 aliphatic carbocycles. The average molecular weight is 252 g/mol. The topological polar surface area (TPSA) is 72.8 Å². The first-order chi connectivity index (χ1) is 8.53. The highest BCUT2D eigenvalue weighted by Crippen LogP contribution is 2.33. The minimum Gasteiger partial charge on any atom is -0.493 e. The lowest BCUT2D eigenvalue weighted by molar-refractivity contribution is -0.141. The van der Waals surface area contributed by atoms with Crippen molar-refractivity contribution < 1.29 is 24.2 Å². The van der Waals surface area contributed by atoms with Crippen LogP contribution >= 0.6 is 0 Å². The summed E-state index contributed by atoms with van der Waals surface area (Å²) in [5, 5.41) is 8.92. The third-order valence-corrected chi connectivity index (χ3v) is 2.66. The van der Waals surface area contributed by atoms with Crippen molar-refractivity contribution in [3.8, 4) is 11.5 Å². The summed E-state index contributed by atoms with van der Waals surface area (Å²) in [5.74, 6) is -0.566. The maximum absolute atomic E-state index is 10.9. The number of hydrogen-bond acceptors (Lipinski definition) is 4. The molecular formula is C13H16O5. The molecule has 0 saturated heterocycles. The van der Waals surface area contributed by atoms with Crippen LogP contribution in [0.5, 0.6) is 11.5 Å². The molecule has 0 spiro atoms. The number of aldehydes is 1. The Labute approximate surface area is 105 Å². The Hall–Kier alpha value is -2.04. The zero-order valence-corrected chi connectivity index (χ0v) is 10.6. The van der Waals surface area contributed by atoms with Crippen molar-refractivity contribution >= 4 is 12.3 Å². The maximum Gasteiger partial charge on any atom is 0.306 e. The van der Waals surface area contributed by atoms with Crippen molar-refractivity contribution in [3.63, 3.8) is 0 Å². The molecule has 0 saturated carbocycles. The van der Waals surface area contributed by atoms with Crippen LogP contribution in [-0.2, 0) is 11.2 Å². The van der Waals surface area contributed by atoms with Crippen LogP contribution < -0.4 is 9.47 Å². The van der Waals surface area contributed by atoms with Crippen LogP contribution in [0.4, 0.5) is 0 Å². The van der Waals surface area contributed by atoms with Gasteiger partial charge in [-0.1, -0.05) is 6.92 Å². The van der Waals surface area contributed by atoms with Gasteiger partial charge >= 0.3 is 5.97 Å². The van der Waals surface area contributed by atoms with Crippen LogP contribution in [-0.4, -0.2) is 31.6 Å². The number of methoxy groups -OCH3 is 2. The van der Waals surface area contributed by atoms with Crippen molar-refractivity contribution in [2.75, 3.05) is 14.2 Å². The number of carbonyl (C=O) groups excluding carboxylic acids is 1. The van der Waals surface area contributed by atoms with Crippen LogP contribution in [0, 0.1) is 5.92 Å². The fourth-order valence-electron chi connectivity index (χ4n) is 1.70. The van der Waals surface area contributed by atoms with Gasteiger partial charge in [0.2, 0.25) is 0 Å². The fourth-order valence-corrected chi connectivity index (χ4v) is 1.70. The molecule has 1 unspecified atom stereocenters. The molecule has 1 rings (SSSR count). The van der Waals surface area contributed by atoms with E-state index in [2.05, 4.69) is 0 Å². The van der Waals surface area contributed by atoms with E-state index in [0.717, 1.165) is 0 Å². The summed E-state index contributed by atoms with van der Waals surface area (Å²) in [6.45, 7) is 1.60. The highest BCUT2D eigenvalue weighted by Gasteiger charge is 2.18. The average Bonchev–Trinajstić information content (AvgIpc) is 2.37. The quantitative estimate of drug-likeness (QED) is 0.781. The molecule has 0 aromatic heterocycles. The lowest BCUT2D eigenvalue weighted by Crippen LogP contribution is -2.13. The standard InChI is InChI=1S/C13H16O5/c1-8(13(15)16)4-10-5-9(7-14)6-11(17-2)12(10)18-3/h5-8H,4H2,1-3H3,(H,15,16). The van der Waals surface area contributed by atoms with E-state index >= 15 is 0 Å². The molecule has 5 heteroatoms. The van der Waals surface area contributed by atoms with Gasteiger partial charge in [-0.2, -0.15) is 0 Å². The highest BCUT2D eigenvalue weighted by atomic mass is 16.5. The largest absolute Gasteiger partial charge is 0.493 e.